The minimum Gasteiger partial charge on any atom is -0.388 e. The molecule has 3 nitrogen and oxygen atoms in total. The first-order chi connectivity index (χ1) is 8.24. The second kappa shape index (κ2) is 5.64. The van der Waals surface area contributed by atoms with Crippen LogP contribution in [0.5, 0.6) is 5.88 Å². The number of hydrogen-bond donors (Lipinski definition) is 0. The Morgan fingerprint density at radius 3 is 2.50 bits per heavy atom. The van der Waals surface area contributed by atoms with Crippen molar-refractivity contribution in [2.24, 2.45) is 0 Å². The normalized spacial score (nSPS) is 11.4. The van der Waals surface area contributed by atoms with Gasteiger partial charge >= 0.3 is 6.36 Å². The standard InChI is InChI=1S/C9H4F5IN2O/c10-7(11)6-4(1-2-16)3-5(17-8(6)15)18-9(12,13)14/h3,7H,1H2. The van der Waals surface area contributed by atoms with Crippen LogP contribution in [0.25, 0.3) is 0 Å². The summed E-state index contributed by atoms with van der Waals surface area (Å²) in [4.78, 5) is 3.28. The third-order valence-electron chi connectivity index (χ3n) is 1.78. The zero-order chi connectivity index (χ0) is 13.9. The molecule has 0 atom stereocenters. The maximum Gasteiger partial charge on any atom is 0.574 e. The minimum atomic E-state index is -4.97. The quantitative estimate of drug-likeness (QED) is 0.459. The van der Waals surface area contributed by atoms with E-state index in [0.29, 0.717) is 6.07 Å². The highest BCUT2D eigenvalue weighted by Crippen LogP contribution is 2.31. The van der Waals surface area contributed by atoms with Crippen molar-refractivity contribution in [2.75, 3.05) is 0 Å². The molecular formula is C9H4F5IN2O. The van der Waals surface area contributed by atoms with Crippen molar-refractivity contribution < 1.29 is 26.7 Å². The lowest BCUT2D eigenvalue weighted by atomic mass is 10.1. The average Bonchev–Trinajstić information content (AvgIpc) is 2.13. The third-order valence-corrected chi connectivity index (χ3v) is 2.60. The molecule has 1 rings (SSSR count). The summed E-state index contributed by atoms with van der Waals surface area (Å²) in [5.41, 5.74) is -0.780. The number of nitrogens with zero attached hydrogens (tertiary/aromatic N) is 2. The van der Waals surface area contributed by atoms with Gasteiger partial charge in [-0.05, 0) is 28.2 Å². The van der Waals surface area contributed by atoms with Gasteiger partial charge in [-0.3, -0.25) is 0 Å². The van der Waals surface area contributed by atoms with E-state index in [0.717, 1.165) is 0 Å². The Balaban J connectivity index is 3.24. The van der Waals surface area contributed by atoms with E-state index < -0.39 is 30.7 Å². The fourth-order valence-electron chi connectivity index (χ4n) is 1.18. The van der Waals surface area contributed by atoms with Crippen LogP contribution in [0.4, 0.5) is 22.0 Å². The number of nitriles is 1. The Kier molecular flexibility index (Phi) is 4.66. The van der Waals surface area contributed by atoms with Gasteiger partial charge in [0.2, 0.25) is 5.88 Å². The molecule has 0 aliphatic heterocycles. The van der Waals surface area contributed by atoms with E-state index in [4.69, 9.17) is 5.26 Å². The number of ether oxygens (including phenoxy) is 1. The minimum absolute atomic E-state index is 0.230. The summed E-state index contributed by atoms with van der Waals surface area (Å²) in [6, 6.07) is 2.29. The Bertz CT molecular complexity index is 483. The Labute approximate surface area is 112 Å². The van der Waals surface area contributed by atoms with E-state index in [9.17, 15) is 22.0 Å². The molecule has 0 unspecified atom stereocenters. The van der Waals surface area contributed by atoms with Crippen LogP contribution < -0.4 is 4.74 Å². The summed E-state index contributed by atoms with van der Waals surface area (Å²) in [7, 11) is 0. The van der Waals surface area contributed by atoms with Gasteiger partial charge in [-0.1, -0.05) is 0 Å². The van der Waals surface area contributed by atoms with Gasteiger partial charge in [-0.15, -0.1) is 13.2 Å². The Hall–Kier alpha value is -1.18. The van der Waals surface area contributed by atoms with Gasteiger partial charge in [-0.2, -0.15) is 5.26 Å². The molecule has 0 bridgehead atoms. The van der Waals surface area contributed by atoms with Gasteiger partial charge in [0.25, 0.3) is 6.43 Å². The Morgan fingerprint density at radius 2 is 2.06 bits per heavy atom. The lowest BCUT2D eigenvalue weighted by Gasteiger charge is -2.12. The van der Waals surface area contributed by atoms with Gasteiger partial charge in [-0.25, -0.2) is 13.8 Å². The van der Waals surface area contributed by atoms with E-state index in [1.165, 1.54) is 22.6 Å². The van der Waals surface area contributed by atoms with Crippen LogP contribution in [0.2, 0.25) is 0 Å². The fraction of sp³-hybridized carbons (Fsp3) is 0.333. The van der Waals surface area contributed by atoms with Crippen LogP contribution in [0.1, 0.15) is 17.6 Å². The van der Waals surface area contributed by atoms with Crippen molar-refractivity contribution in [1.82, 2.24) is 4.98 Å². The largest absolute Gasteiger partial charge is 0.574 e. The molecule has 0 saturated heterocycles. The molecule has 0 amide bonds. The van der Waals surface area contributed by atoms with E-state index in [2.05, 4.69) is 9.72 Å². The van der Waals surface area contributed by atoms with Gasteiger partial charge in [0.05, 0.1) is 18.1 Å². The molecule has 9 heteroatoms. The number of rotatable bonds is 3. The molecule has 0 aliphatic rings. The van der Waals surface area contributed by atoms with Crippen LogP contribution in [-0.2, 0) is 6.42 Å². The third kappa shape index (κ3) is 3.94. The van der Waals surface area contributed by atoms with Gasteiger partial charge < -0.3 is 4.74 Å². The zero-order valence-electron chi connectivity index (χ0n) is 8.43. The molecule has 0 aromatic carbocycles. The van der Waals surface area contributed by atoms with E-state index in [-0.39, 0.29) is 9.26 Å². The average molecular weight is 378 g/mol. The number of pyridine rings is 1. The van der Waals surface area contributed by atoms with Crippen molar-refractivity contribution in [3.63, 3.8) is 0 Å². The first kappa shape index (κ1) is 14.9. The first-order valence-corrected chi connectivity index (χ1v) is 5.42. The molecule has 0 radical (unpaired) electrons. The van der Waals surface area contributed by atoms with Crippen LogP contribution >= 0.6 is 22.6 Å². The van der Waals surface area contributed by atoms with Crippen LogP contribution in [-0.4, -0.2) is 11.3 Å². The van der Waals surface area contributed by atoms with Crippen molar-refractivity contribution in [1.29, 1.82) is 5.26 Å². The summed E-state index contributed by atoms with van der Waals surface area (Å²) in [6.45, 7) is 0. The maximum atomic E-state index is 12.7. The number of aromatic nitrogens is 1. The van der Waals surface area contributed by atoms with Crippen LogP contribution in [0.3, 0.4) is 0 Å². The van der Waals surface area contributed by atoms with Gasteiger partial charge in [0.1, 0.15) is 3.70 Å². The lowest BCUT2D eigenvalue weighted by molar-refractivity contribution is -0.276. The molecule has 0 aliphatic carbocycles. The second-order valence-electron chi connectivity index (χ2n) is 3.01. The number of halogens is 6. The van der Waals surface area contributed by atoms with Crippen LogP contribution in [0.15, 0.2) is 6.07 Å². The van der Waals surface area contributed by atoms with Crippen molar-refractivity contribution in [3.05, 3.63) is 20.9 Å². The maximum absolute atomic E-state index is 12.7. The SMILES string of the molecule is N#CCc1cc(OC(F)(F)F)nc(I)c1C(F)F. The molecule has 0 fully saturated rings. The molecular weight excluding hydrogens is 374 g/mol. The van der Waals surface area contributed by atoms with Crippen LogP contribution in [0, 0.1) is 15.0 Å². The molecule has 1 aromatic rings. The molecule has 1 aromatic heterocycles. The van der Waals surface area contributed by atoms with E-state index >= 15 is 0 Å². The molecule has 0 N–H and O–H groups in total. The smallest absolute Gasteiger partial charge is 0.388 e. The van der Waals surface area contributed by atoms with E-state index in [1.54, 1.807) is 6.07 Å². The topological polar surface area (TPSA) is 45.9 Å². The lowest BCUT2D eigenvalue weighted by Crippen LogP contribution is -2.18. The summed E-state index contributed by atoms with van der Waals surface area (Å²) < 4.78 is 64.5. The fourth-order valence-corrected chi connectivity index (χ4v) is 2.00. The van der Waals surface area contributed by atoms with Crippen molar-refractivity contribution >= 4 is 22.6 Å². The molecule has 18 heavy (non-hydrogen) atoms. The van der Waals surface area contributed by atoms with Crippen molar-refractivity contribution in [2.45, 2.75) is 19.2 Å². The van der Waals surface area contributed by atoms with Crippen molar-refractivity contribution in [3.8, 4) is 11.9 Å². The predicted octanol–water partition coefficient (Wildman–Crippen LogP) is 3.59. The number of alkyl halides is 5. The first-order valence-electron chi connectivity index (χ1n) is 4.34. The second-order valence-corrected chi connectivity index (χ2v) is 4.03. The highest BCUT2D eigenvalue weighted by Gasteiger charge is 2.32. The molecule has 1 heterocycles. The predicted molar refractivity (Wildman–Crippen MR) is 57.9 cm³/mol. The molecule has 0 saturated carbocycles. The zero-order valence-corrected chi connectivity index (χ0v) is 10.6. The summed E-state index contributed by atoms with van der Waals surface area (Å²) >= 11 is 1.37. The highest BCUT2D eigenvalue weighted by molar-refractivity contribution is 14.1. The molecule has 0 spiro atoms. The Morgan fingerprint density at radius 1 is 1.44 bits per heavy atom. The summed E-state index contributed by atoms with van der Waals surface area (Å²) in [5.74, 6) is -0.860. The van der Waals surface area contributed by atoms with Gasteiger partial charge in [0.15, 0.2) is 0 Å². The van der Waals surface area contributed by atoms with Gasteiger partial charge in [0, 0.05) is 6.07 Å². The monoisotopic (exact) mass is 378 g/mol. The number of hydrogen-bond acceptors (Lipinski definition) is 3. The van der Waals surface area contributed by atoms with E-state index in [1.807, 2.05) is 0 Å². The summed E-state index contributed by atoms with van der Waals surface area (Å²) in [5, 5.41) is 8.46. The highest BCUT2D eigenvalue weighted by atomic mass is 127. The summed E-state index contributed by atoms with van der Waals surface area (Å²) in [6.07, 6.45) is -8.34. The molecule has 98 valence electrons.